The molecule has 4 heterocycles. The third-order valence-corrected chi connectivity index (χ3v) is 7.86. The monoisotopic (exact) mass is 808 g/mol. The Kier molecular flexibility index (Phi) is 23.7. The summed E-state index contributed by atoms with van der Waals surface area (Å²) in [5.41, 5.74) is 15.2. The summed E-state index contributed by atoms with van der Waals surface area (Å²) in [5.74, 6) is 0.924. The molecule has 4 aromatic carbocycles. The Hall–Kier alpha value is -6.12. The number of imidazole rings is 3. The van der Waals surface area contributed by atoms with E-state index in [-0.39, 0.29) is 63.6 Å². The Morgan fingerprint density at radius 1 is 0.831 bits per heavy atom. The van der Waals surface area contributed by atoms with Gasteiger partial charge in [0.25, 0.3) is 0 Å². The van der Waals surface area contributed by atoms with E-state index in [2.05, 4.69) is 57.7 Å². The maximum Gasteiger partial charge on any atom is 1.00 e. The first-order valence-corrected chi connectivity index (χ1v) is 17.5. The number of nitrogens with one attached hydrogen (secondary N) is 5. The number of carbonyl (C=O) groups is 1. The van der Waals surface area contributed by atoms with Crippen LogP contribution < -0.4 is 45.9 Å². The van der Waals surface area contributed by atoms with E-state index in [4.69, 9.17) is 22.7 Å². The zero-order valence-electron chi connectivity index (χ0n) is 32.2. The summed E-state index contributed by atoms with van der Waals surface area (Å²) in [5, 5.41) is 20.2. The number of nitrogens with zero attached hydrogens (tertiary/aromatic N) is 5. The average molecular weight is 809 g/mol. The van der Waals surface area contributed by atoms with Gasteiger partial charge in [0.15, 0.2) is 0 Å². The second-order valence-corrected chi connectivity index (χ2v) is 12.0. The van der Waals surface area contributed by atoms with Crippen LogP contribution in [-0.4, -0.2) is 62.5 Å². The van der Waals surface area contributed by atoms with Crippen molar-refractivity contribution in [1.82, 2.24) is 29.9 Å². The number of aromatic amines is 3. The fraction of sp³-hybridized carbons (Fsp3) is 0.190. The molecule has 0 saturated heterocycles. The molecule has 0 bridgehead atoms. The van der Waals surface area contributed by atoms with E-state index in [0.29, 0.717) is 37.1 Å². The molecule has 299 valence electrons. The first-order valence-electron chi connectivity index (χ1n) is 17.5. The number of nitrogens with two attached hydrogens (primary N) is 1. The first-order chi connectivity index (χ1) is 27.3. The van der Waals surface area contributed by atoms with E-state index in [0.717, 1.165) is 63.6 Å². The van der Waals surface area contributed by atoms with Crippen molar-refractivity contribution in [3.8, 4) is 0 Å². The number of aldehydes is 1. The number of hydrogen-bond donors (Lipinski definition) is 7. The number of benzene rings is 4. The van der Waals surface area contributed by atoms with Gasteiger partial charge in [0.05, 0.1) is 28.4 Å². The number of aryl methyl sites for hydroxylation is 2. The number of anilines is 3. The van der Waals surface area contributed by atoms with Gasteiger partial charge in [0.1, 0.15) is 17.9 Å². The van der Waals surface area contributed by atoms with E-state index in [9.17, 15) is 13.6 Å². The molecule has 1 aliphatic rings. The number of aliphatic hydroxyl groups is 1. The maximum atomic E-state index is 12.9. The molecule has 3 aromatic heterocycles. The summed E-state index contributed by atoms with van der Waals surface area (Å²) < 4.78 is 25.7. The smallest absolute Gasteiger partial charge is 0.512 e. The number of allylic oxidation sites excluding steroid dienone is 1. The van der Waals surface area contributed by atoms with Gasteiger partial charge in [0.2, 0.25) is 11.9 Å². The van der Waals surface area contributed by atoms with E-state index in [1.165, 1.54) is 29.8 Å². The van der Waals surface area contributed by atoms with Gasteiger partial charge in [-0.15, -0.1) is 0 Å². The number of nitrogen functional groups attached to an aromatic ring is 1. The van der Waals surface area contributed by atoms with Gasteiger partial charge in [-0.3, -0.25) is 9.79 Å². The van der Waals surface area contributed by atoms with E-state index in [1.807, 2.05) is 30.5 Å². The topological polar surface area (TPSA) is 210 Å². The van der Waals surface area contributed by atoms with Gasteiger partial charge >= 0.3 is 29.6 Å². The van der Waals surface area contributed by atoms with E-state index < -0.39 is 0 Å². The minimum Gasteiger partial charge on any atom is -0.512 e. The first kappa shape index (κ1) is 50.9. The molecular formula is C42H46BF2N11NaO2. The summed E-state index contributed by atoms with van der Waals surface area (Å²) in [6, 6.07) is 24.6. The second-order valence-electron chi connectivity index (χ2n) is 12.0. The summed E-state index contributed by atoms with van der Waals surface area (Å²) in [6.07, 6.45) is 10.2. The van der Waals surface area contributed by atoms with Crippen molar-refractivity contribution in [2.45, 2.75) is 46.7 Å². The quantitative estimate of drug-likeness (QED) is 0.0445. The standard InChI is InChI=1S/C19H18FN5.C14H13FN4.C5H5NO.C2H6O.CN.CH4.B.Na/c20-15-5-1-14(2-6-15)10-22-19-24-17-8-4-13(9-18(17)25-19)3-7-16-11-21-12-23-16;15-10-3-1-9(2-4-10)8-17-14-18-12-6-5-11(16)7-13(12)19-14;7-4-5-1-2-6-3-5;1-2-3;1-2;;;/h1-2,4-6,8-9,11-12H,3,7,10H2,(H,21,23)(H2,22,24,25);1-7H,8,16H2,(H2,17,18,19);2-4H,1H2;3H,2H2,1H3;;1H4;;/q;;;;-1;;;+1. The maximum absolute atomic E-state index is 12.9. The van der Waals surface area contributed by atoms with Crippen LogP contribution in [0.2, 0.25) is 0 Å². The van der Waals surface area contributed by atoms with Gasteiger partial charge in [-0.1, -0.05) is 37.8 Å². The number of rotatable bonds is 10. The van der Waals surface area contributed by atoms with Crippen LogP contribution in [0.4, 0.5) is 26.4 Å². The van der Waals surface area contributed by atoms with Gasteiger partial charge in [-0.25, -0.2) is 23.7 Å². The zero-order valence-corrected chi connectivity index (χ0v) is 34.2. The molecule has 0 saturated carbocycles. The predicted molar refractivity (Wildman–Crippen MR) is 228 cm³/mol. The molecule has 0 fully saturated rings. The van der Waals surface area contributed by atoms with Crippen LogP contribution in [0.3, 0.4) is 0 Å². The summed E-state index contributed by atoms with van der Waals surface area (Å²) in [6.45, 7) is 7.85. The summed E-state index contributed by atoms with van der Waals surface area (Å²) in [7, 11) is 0. The molecule has 17 heteroatoms. The largest absolute Gasteiger partial charge is 1.00 e. The number of aliphatic hydroxyl groups excluding tert-OH is 1. The molecule has 0 aliphatic carbocycles. The number of aromatic nitrogens is 6. The molecule has 0 amide bonds. The third-order valence-electron chi connectivity index (χ3n) is 7.86. The normalized spacial score (nSPS) is 10.5. The number of fused-ring (bicyclic) bond motifs is 2. The Bertz CT molecular complexity index is 2330. The van der Waals surface area contributed by atoms with Crippen LogP contribution in [0.25, 0.3) is 22.1 Å². The SMILES string of the molecule is C.CCO.Fc1ccc(CNc2nc3ccc(CCc4cnc[nH]4)cc3[nH]2)cc1.Nc1ccc2nc(NCc3ccc(F)cc3)[nH]c2c1.O=CC1=CN=CC1.[B].[C-]#N.[Na+]. The number of halogens is 2. The molecule has 1 aliphatic heterocycles. The van der Waals surface area contributed by atoms with Gasteiger partial charge in [-0.05, 0) is 91.1 Å². The van der Waals surface area contributed by atoms with Crippen LogP contribution >= 0.6 is 0 Å². The van der Waals surface area contributed by atoms with Crippen LogP contribution in [0.15, 0.2) is 114 Å². The average Bonchev–Trinajstić information content (AvgIpc) is 4.06. The molecular weight excluding hydrogens is 762 g/mol. The van der Waals surface area contributed by atoms with E-state index in [1.54, 1.807) is 49.9 Å². The molecule has 0 unspecified atom stereocenters. The van der Waals surface area contributed by atoms with Gasteiger partial charge in [-0.2, -0.15) is 0 Å². The minimum atomic E-state index is -0.233. The summed E-state index contributed by atoms with van der Waals surface area (Å²) in [4.78, 5) is 36.1. The number of aliphatic imine (C=N–C) groups is 1. The molecule has 3 radical (unpaired) electrons. The molecule has 8 rings (SSSR count). The minimum absolute atomic E-state index is 0. The van der Waals surface area contributed by atoms with Gasteiger partial charge < -0.3 is 48.3 Å². The Labute approximate surface area is 366 Å². The molecule has 8 N–H and O–H groups in total. The Balaban J connectivity index is 0.000000453. The fourth-order valence-electron chi connectivity index (χ4n) is 5.12. The molecule has 0 atom stereocenters. The third kappa shape index (κ3) is 17.1. The van der Waals surface area contributed by atoms with Crippen molar-refractivity contribution >= 4 is 60.6 Å². The molecule has 59 heavy (non-hydrogen) atoms. The van der Waals surface area contributed by atoms with E-state index >= 15 is 0 Å². The van der Waals surface area contributed by atoms with Crippen LogP contribution in [0.5, 0.6) is 0 Å². The van der Waals surface area contributed by atoms with Crippen LogP contribution in [-0.2, 0) is 30.7 Å². The number of carbonyl (C=O) groups excluding carboxylic acids is 1. The Morgan fingerprint density at radius 3 is 1.80 bits per heavy atom. The molecule has 0 spiro atoms. The van der Waals surface area contributed by atoms with Crippen molar-refractivity contribution in [3.63, 3.8) is 0 Å². The van der Waals surface area contributed by atoms with Crippen molar-refractivity contribution in [2.75, 3.05) is 23.0 Å². The second kappa shape index (κ2) is 27.5. The number of H-pyrrole nitrogens is 3. The van der Waals surface area contributed by atoms with Crippen LogP contribution in [0, 0.1) is 23.5 Å². The Morgan fingerprint density at radius 2 is 1.34 bits per heavy atom. The molecule has 7 aromatic rings. The van der Waals surface area contributed by atoms with Gasteiger partial charge in [0, 0.05) is 70.1 Å². The van der Waals surface area contributed by atoms with Crippen molar-refractivity contribution in [3.05, 3.63) is 150 Å². The van der Waals surface area contributed by atoms with Crippen molar-refractivity contribution < 1.29 is 48.2 Å². The summed E-state index contributed by atoms with van der Waals surface area (Å²) >= 11 is 0. The van der Waals surface area contributed by atoms with Crippen molar-refractivity contribution in [1.29, 1.82) is 5.26 Å². The zero-order chi connectivity index (χ0) is 40.1. The van der Waals surface area contributed by atoms with Crippen molar-refractivity contribution in [2.24, 2.45) is 4.99 Å². The number of hydrogen-bond acceptors (Lipinski definition) is 10. The predicted octanol–water partition coefficient (Wildman–Crippen LogP) is 4.62. The molecule has 13 nitrogen and oxygen atoms in total. The fourth-order valence-corrected chi connectivity index (χ4v) is 5.12. The van der Waals surface area contributed by atoms with Crippen LogP contribution in [0.1, 0.15) is 43.2 Å².